The number of rotatable bonds is 5. The van der Waals surface area contributed by atoms with Gasteiger partial charge in [0.2, 0.25) is 0 Å². The van der Waals surface area contributed by atoms with Crippen molar-refractivity contribution in [2.24, 2.45) is 0 Å². The summed E-state index contributed by atoms with van der Waals surface area (Å²) in [6, 6.07) is 0. The molecule has 86 valence electrons. The lowest BCUT2D eigenvalue weighted by atomic mass is 10.4. The van der Waals surface area contributed by atoms with E-state index >= 15 is 0 Å². The van der Waals surface area contributed by atoms with E-state index in [1.54, 1.807) is 0 Å². The Morgan fingerprint density at radius 2 is 1.67 bits per heavy atom. The Kier molecular flexibility index (Phi) is 4.90. The third kappa shape index (κ3) is 5.77. The van der Waals surface area contributed by atoms with E-state index in [0.29, 0.717) is 0 Å². The summed E-state index contributed by atoms with van der Waals surface area (Å²) in [5, 5.41) is 0. The Balaban J connectivity index is 3.69. The molecule has 0 unspecified atom stereocenters. The molecule has 15 heavy (non-hydrogen) atoms. The highest BCUT2D eigenvalue weighted by molar-refractivity contribution is 5.86. The number of carbonyl (C=O) groups is 1. The minimum absolute atomic E-state index is 0.171. The molecule has 0 saturated carbocycles. The summed E-state index contributed by atoms with van der Waals surface area (Å²) in [6.07, 6.45) is -4.58. The number of hydrogen-bond acceptors (Lipinski definition) is 3. The Morgan fingerprint density at radius 3 is 2.07 bits per heavy atom. The first-order chi connectivity index (χ1) is 6.75. The van der Waals surface area contributed by atoms with Crippen LogP contribution in [0.25, 0.3) is 0 Å². The van der Waals surface area contributed by atoms with Crippen LogP contribution in [0.2, 0.25) is 0 Å². The fourth-order valence-corrected chi connectivity index (χ4v) is 0.504. The van der Waals surface area contributed by atoms with E-state index in [2.05, 4.69) is 22.6 Å². The van der Waals surface area contributed by atoms with Crippen molar-refractivity contribution < 1.29 is 27.4 Å². The van der Waals surface area contributed by atoms with Gasteiger partial charge in [-0.15, -0.1) is 0 Å². The maximum absolute atomic E-state index is 11.8. The molecule has 0 N–H and O–H groups in total. The van der Waals surface area contributed by atoms with Gasteiger partial charge in [-0.1, -0.05) is 13.2 Å². The smallest absolute Gasteiger partial charge is 0.448 e. The quantitative estimate of drug-likeness (QED) is 0.311. The highest BCUT2D eigenvalue weighted by Gasteiger charge is 2.33. The van der Waals surface area contributed by atoms with E-state index in [0.717, 1.165) is 0 Å². The van der Waals surface area contributed by atoms with Gasteiger partial charge in [-0.3, -0.25) is 0 Å². The number of ether oxygens (including phenoxy) is 2. The minimum atomic E-state index is -4.58. The SMILES string of the molecule is C=C(C)C(=O)OCCOC(=C)C(F)(F)F. The molecule has 0 rings (SSSR count). The first kappa shape index (κ1) is 13.5. The molecular formula is C9H11F3O3. The van der Waals surface area contributed by atoms with Crippen LogP contribution < -0.4 is 0 Å². The van der Waals surface area contributed by atoms with E-state index in [1.165, 1.54) is 6.92 Å². The Labute approximate surface area is 85.2 Å². The minimum Gasteiger partial charge on any atom is -0.486 e. The zero-order chi connectivity index (χ0) is 12.1. The summed E-state index contributed by atoms with van der Waals surface area (Å²) in [5.74, 6) is -1.98. The van der Waals surface area contributed by atoms with E-state index in [1.807, 2.05) is 0 Å². The fourth-order valence-electron chi connectivity index (χ4n) is 0.504. The average molecular weight is 224 g/mol. The molecule has 0 aliphatic rings. The van der Waals surface area contributed by atoms with E-state index in [4.69, 9.17) is 0 Å². The molecule has 0 saturated heterocycles. The van der Waals surface area contributed by atoms with Crippen LogP contribution in [0.5, 0.6) is 0 Å². The second-order valence-corrected chi connectivity index (χ2v) is 2.69. The lowest BCUT2D eigenvalue weighted by Crippen LogP contribution is -2.17. The zero-order valence-electron chi connectivity index (χ0n) is 8.19. The van der Waals surface area contributed by atoms with Gasteiger partial charge >= 0.3 is 12.1 Å². The number of carbonyl (C=O) groups excluding carboxylic acids is 1. The van der Waals surface area contributed by atoms with Crippen LogP contribution in [0.1, 0.15) is 6.92 Å². The summed E-state index contributed by atoms with van der Waals surface area (Å²) >= 11 is 0. The first-order valence-electron chi connectivity index (χ1n) is 3.96. The van der Waals surface area contributed by atoms with Crippen molar-refractivity contribution in [3.05, 3.63) is 24.5 Å². The molecule has 0 aromatic heterocycles. The molecule has 0 amide bonds. The predicted octanol–water partition coefficient (Wildman–Crippen LogP) is 2.20. The van der Waals surface area contributed by atoms with Crippen LogP contribution in [0, 0.1) is 0 Å². The third-order valence-corrected chi connectivity index (χ3v) is 1.26. The molecular weight excluding hydrogens is 213 g/mol. The standard InChI is InChI=1S/C9H11F3O3/c1-6(2)8(13)15-5-4-14-7(3)9(10,11)12/h1,3-5H2,2H3. The van der Waals surface area contributed by atoms with Crippen molar-refractivity contribution in [2.75, 3.05) is 13.2 Å². The zero-order valence-corrected chi connectivity index (χ0v) is 8.19. The summed E-state index contributed by atoms with van der Waals surface area (Å²) < 4.78 is 44.2. The molecule has 0 atom stereocenters. The van der Waals surface area contributed by atoms with Gasteiger partial charge in [0.1, 0.15) is 13.2 Å². The van der Waals surface area contributed by atoms with Gasteiger partial charge in [0.15, 0.2) is 5.76 Å². The molecule has 3 nitrogen and oxygen atoms in total. The van der Waals surface area contributed by atoms with Crippen molar-refractivity contribution in [2.45, 2.75) is 13.1 Å². The number of allylic oxidation sites excluding steroid dienone is 1. The molecule has 0 aliphatic heterocycles. The summed E-state index contributed by atoms with van der Waals surface area (Å²) in [5.41, 5.74) is 0.171. The predicted molar refractivity (Wildman–Crippen MR) is 46.9 cm³/mol. The molecule has 0 aliphatic carbocycles. The number of hydrogen-bond donors (Lipinski definition) is 0. The van der Waals surface area contributed by atoms with Crippen LogP contribution in [-0.4, -0.2) is 25.4 Å². The Bertz CT molecular complexity index is 268. The van der Waals surface area contributed by atoms with Gasteiger partial charge in [-0.2, -0.15) is 13.2 Å². The Hall–Kier alpha value is -1.46. The molecule has 6 heteroatoms. The number of esters is 1. The largest absolute Gasteiger partial charge is 0.486 e. The molecule has 0 radical (unpaired) electrons. The molecule has 0 bridgehead atoms. The van der Waals surface area contributed by atoms with Crippen molar-refractivity contribution in [3.63, 3.8) is 0 Å². The molecule has 0 spiro atoms. The van der Waals surface area contributed by atoms with Crippen molar-refractivity contribution in [1.29, 1.82) is 0 Å². The molecule has 0 heterocycles. The van der Waals surface area contributed by atoms with E-state index in [9.17, 15) is 18.0 Å². The van der Waals surface area contributed by atoms with Crippen LogP contribution in [0.15, 0.2) is 24.5 Å². The molecule has 0 fully saturated rings. The highest BCUT2D eigenvalue weighted by atomic mass is 19.4. The molecule has 0 aromatic carbocycles. The van der Waals surface area contributed by atoms with E-state index < -0.39 is 24.5 Å². The van der Waals surface area contributed by atoms with E-state index in [-0.39, 0.29) is 12.2 Å². The molecule has 0 aromatic rings. The van der Waals surface area contributed by atoms with Gasteiger partial charge in [0.05, 0.1) is 0 Å². The Morgan fingerprint density at radius 1 is 1.20 bits per heavy atom. The van der Waals surface area contributed by atoms with Gasteiger partial charge in [0.25, 0.3) is 0 Å². The summed E-state index contributed by atoms with van der Waals surface area (Å²) in [6.45, 7) is 6.73. The normalized spacial score (nSPS) is 10.7. The van der Waals surface area contributed by atoms with Crippen LogP contribution in [0.4, 0.5) is 13.2 Å². The van der Waals surface area contributed by atoms with Crippen molar-refractivity contribution in [3.8, 4) is 0 Å². The second-order valence-electron chi connectivity index (χ2n) is 2.69. The van der Waals surface area contributed by atoms with Gasteiger partial charge in [-0.05, 0) is 6.92 Å². The van der Waals surface area contributed by atoms with Crippen LogP contribution >= 0.6 is 0 Å². The van der Waals surface area contributed by atoms with Crippen molar-refractivity contribution in [1.82, 2.24) is 0 Å². The number of alkyl halides is 3. The summed E-state index contributed by atoms with van der Waals surface area (Å²) in [4.78, 5) is 10.8. The van der Waals surface area contributed by atoms with Gasteiger partial charge < -0.3 is 9.47 Å². The average Bonchev–Trinajstić information content (AvgIpc) is 2.09. The van der Waals surface area contributed by atoms with Crippen LogP contribution in [0.3, 0.4) is 0 Å². The van der Waals surface area contributed by atoms with Gasteiger partial charge in [-0.25, -0.2) is 4.79 Å². The third-order valence-electron chi connectivity index (χ3n) is 1.26. The topological polar surface area (TPSA) is 35.5 Å². The fraction of sp³-hybridized carbons (Fsp3) is 0.444. The second kappa shape index (κ2) is 5.43. The summed E-state index contributed by atoms with van der Waals surface area (Å²) in [7, 11) is 0. The maximum atomic E-state index is 11.8. The highest BCUT2D eigenvalue weighted by Crippen LogP contribution is 2.24. The van der Waals surface area contributed by atoms with Crippen LogP contribution in [-0.2, 0) is 14.3 Å². The monoisotopic (exact) mass is 224 g/mol. The van der Waals surface area contributed by atoms with Crippen molar-refractivity contribution >= 4 is 5.97 Å². The lowest BCUT2D eigenvalue weighted by Gasteiger charge is -2.11. The maximum Gasteiger partial charge on any atom is 0.448 e. The lowest BCUT2D eigenvalue weighted by molar-refractivity contribution is -0.144. The first-order valence-corrected chi connectivity index (χ1v) is 3.96. The number of halogens is 3. The van der Waals surface area contributed by atoms with Gasteiger partial charge in [0, 0.05) is 5.57 Å².